The first-order chi connectivity index (χ1) is 8.15. The molecule has 0 aliphatic heterocycles. The number of nitrogens with zero attached hydrogens (tertiary/aromatic N) is 1. The van der Waals surface area contributed by atoms with Crippen LogP contribution in [0.5, 0.6) is 0 Å². The number of pyridine rings is 1. The molecule has 0 saturated heterocycles. The van der Waals surface area contributed by atoms with Crippen molar-refractivity contribution in [1.29, 1.82) is 0 Å². The number of benzene rings is 1. The zero-order valence-corrected chi connectivity index (χ0v) is 11.1. The van der Waals surface area contributed by atoms with Gasteiger partial charge in [-0.3, -0.25) is 9.78 Å². The maximum atomic E-state index is 12.1. The van der Waals surface area contributed by atoms with Crippen LogP contribution in [-0.2, 0) is 6.42 Å². The molecule has 0 aliphatic rings. The molecule has 0 bridgehead atoms. The lowest BCUT2D eigenvalue weighted by atomic mass is 10.0. The zero-order chi connectivity index (χ0) is 12.3. The average Bonchev–Trinajstić information content (AvgIpc) is 2.29. The summed E-state index contributed by atoms with van der Waals surface area (Å²) in [6, 6.07) is 9.50. The number of rotatable bonds is 3. The molecule has 0 atom stereocenters. The van der Waals surface area contributed by atoms with Gasteiger partial charge in [0.15, 0.2) is 5.78 Å². The second kappa shape index (κ2) is 5.23. The number of Topliss-reactive ketones (excluding diaryl/α,β-unsaturated/α-hetero) is 1. The molecule has 2 aromatic rings. The van der Waals surface area contributed by atoms with Crippen LogP contribution in [0.25, 0.3) is 0 Å². The molecule has 0 unspecified atom stereocenters. The van der Waals surface area contributed by atoms with E-state index < -0.39 is 0 Å². The number of hydrogen-bond acceptors (Lipinski definition) is 2. The summed E-state index contributed by atoms with van der Waals surface area (Å²) in [5.41, 5.74) is 2.75. The number of hydrogen-bond donors (Lipinski definition) is 0. The predicted molar refractivity (Wildman–Crippen MR) is 71.2 cm³/mol. The summed E-state index contributed by atoms with van der Waals surface area (Å²) in [6.45, 7) is 1.98. The maximum absolute atomic E-state index is 12.1. The van der Waals surface area contributed by atoms with E-state index in [9.17, 15) is 4.79 Å². The Kier molecular flexibility index (Phi) is 3.69. The number of aromatic nitrogens is 1. The van der Waals surface area contributed by atoms with Crippen molar-refractivity contribution in [3.8, 4) is 0 Å². The smallest absolute Gasteiger partial charge is 0.167 e. The Bertz CT molecular complexity index is 517. The molecule has 86 valence electrons. The summed E-state index contributed by atoms with van der Waals surface area (Å²) >= 11 is 3.40. The van der Waals surface area contributed by atoms with Gasteiger partial charge in [0.05, 0.1) is 0 Å². The maximum Gasteiger partial charge on any atom is 0.167 e. The molecule has 3 heteroatoms. The van der Waals surface area contributed by atoms with Crippen molar-refractivity contribution in [2.24, 2.45) is 0 Å². The Morgan fingerprint density at radius 3 is 2.82 bits per heavy atom. The molecular weight excluding hydrogens is 278 g/mol. The quantitative estimate of drug-likeness (QED) is 0.809. The molecule has 0 radical (unpaired) electrons. The van der Waals surface area contributed by atoms with Crippen molar-refractivity contribution in [2.45, 2.75) is 13.3 Å². The summed E-state index contributed by atoms with van der Waals surface area (Å²) in [7, 11) is 0. The molecule has 2 nitrogen and oxygen atoms in total. The Morgan fingerprint density at radius 2 is 2.18 bits per heavy atom. The molecule has 0 aliphatic carbocycles. The van der Waals surface area contributed by atoms with Crippen molar-refractivity contribution in [3.63, 3.8) is 0 Å². The number of halogens is 1. The second-order valence-electron chi connectivity index (χ2n) is 3.98. The Labute approximate surface area is 109 Å². The zero-order valence-electron chi connectivity index (χ0n) is 9.48. The van der Waals surface area contributed by atoms with Crippen molar-refractivity contribution < 1.29 is 4.79 Å². The van der Waals surface area contributed by atoms with Crippen molar-refractivity contribution in [1.82, 2.24) is 4.98 Å². The highest BCUT2D eigenvalue weighted by molar-refractivity contribution is 9.10. The minimum atomic E-state index is 0.113. The van der Waals surface area contributed by atoms with E-state index in [1.54, 1.807) is 12.4 Å². The van der Waals surface area contributed by atoms with E-state index in [0.717, 1.165) is 21.2 Å². The fourth-order valence-corrected chi connectivity index (χ4v) is 2.30. The van der Waals surface area contributed by atoms with Crippen molar-refractivity contribution >= 4 is 21.7 Å². The molecule has 0 saturated carbocycles. The minimum absolute atomic E-state index is 0.113. The van der Waals surface area contributed by atoms with Crippen LogP contribution in [0, 0.1) is 6.92 Å². The van der Waals surface area contributed by atoms with E-state index in [1.165, 1.54) is 0 Å². The van der Waals surface area contributed by atoms with Crippen LogP contribution in [0.2, 0.25) is 0 Å². The van der Waals surface area contributed by atoms with E-state index in [4.69, 9.17) is 0 Å². The van der Waals surface area contributed by atoms with Gasteiger partial charge >= 0.3 is 0 Å². The van der Waals surface area contributed by atoms with E-state index in [-0.39, 0.29) is 5.78 Å². The summed E-state index contributed by atoms with van der Waals surface area (Å²) in [5.74, 6) is 0.113. The lowest BCUT2D eigenvalue weighted by Gasteiger charge is -2.03. The summed E-state index contributed by atoms with van der Waals surface area (Å²) in [5, 5.41) is 0. The Balaban J connectivity index is 2.20. The Morgan fingerprint density at radius 1 is 1.35 bits per heavy atom. The summed E-state index contributed by atoms with van der Waals surface area (Å²) in [6.07, 6.45) is 3.82. The first kappa shape index (κ1) is 12.0. The summed E-state index contributed by atoms with van der Waals surface area (Å²) in [4.78, 5) is 16.1. The molecule has 0 N–H and O–H groups in total. The molecule has 1 aromatic carbocycles. The lowest BCUT2D eigenvalue weighted by molar-refractivity contribution is 0.0992. The second-order valence-corrected chi connectivity index (χ2v) is 4.89. The van der Waals surface area contributed by atoms with Gasteiger partial charge in [-0.05, 0) is 42.3 Å². The molecule has 2 rings (SSSR count). The normalized spacial score (nSPS) is 10.2. The molecule has 1 aromatic heterocycles. The van der Waals surface area contributed by atoms with Gasteiger partial charge in [0, 0.05) is 28.9 Å². The number of aryl methyl sites for hydroxylation is 1. The average molecular weight is 290 g/mol. The SMILES string of the molecule is Cc1cc(Br)cc(C(=O)Cc2cccnc2)c1. The third kappa shape index (κ3) is 3.24. The molecule has 0 fully saturated rings. The van der Waals surface area contributed by atoms with Crippen LogP contribution < -0.4 is 0 Å². The standard InChI is InChI=1S/C14H12BrNO/c1-10-5-12(8-13(15)6-10)14(17)7-11-3-2-4-16-9-11/h2-6,8-9H,7H2,1H3. The summed E-state index contributed by atoms with van der Waals surface area (Å²) < 4.78 is 0.937. The fourth-order valence-electron chi connectivity index (χ4n) is 1.69. The van der Waals surface area contributed by atoms with E-state index in [2.05, 4.69) is 20.9 Å². The van der Waals surface area contributed by atoms with Gasteiger partial charge in [-0.2, -0.15) is 0 Å². The molecule has 17 heavy (non-hydrogen) atoms. The molecule has 0 spiro atoms. The molecule has 0 amide bonds. The topological polar surface area (TPSA) is 30.0 Å². The molecule has 1 heterocycles. The van der Waals surface area contributed by atoms with E-state index in [0.29, 0.717) is 6.42 Å². The number of ketones is 1. The van der Waals surface area contributed by atoms with Gasteiger partial charge in [0.25, 0.3) is 0 Å². The Hall–Kier alpha value is -1.48. The van der Waals surface area contributed by atoms with Crippen LogP contribution in [0.15, 0.2) is 47.2 Å². The minimum Gasteiger partial charge on any atom is -0.294 e. The first-order valence-corrected chi connectivity index (χ1v) is 6.14. The highest BCUT2D eigenvalue weighted by atomic mass is 79.9. The third-order valence-corrected chi connectivity index (χ3v) is 2.91. The van der Waals surface area contributed by atoms with Gasteiger partial charge in [0.1, 0.15) is 0 Å². The highest BCUT2D eigenvalue weighted by Crippen LogP contribution is 2.17. The number of carbonyl (C=O) groups excluding carboxylic acids is 1. The van der Waals surface area contributed by atoms with Crippen LogP contribution in [0.1, 0.15) is 21.5 Å². The predicted octanol–water partition coefficient (Wildman–Crippen LogP) is 3.58. The first-order valence-electron chi connectivity index (χ1n) is 5.34. The van der Waals surface area contributed by atoms with E-state index >= 15 is 0 Å². The van der Waals surface area contributed by atoms with Crippen LogP contribution in [-0.4, -0.2) is 10.8 Å². The fraction of sp³-hybridized carbons (Fsp3) is 0.143. The van der Waals surface area contributed by atoms with Gasteiger partial charge in [0.2, 0.25) is 0 Å². The largest absolute Gasteiger partial charge is 0.294 e. The van der Waals surface area contributed by atoms with Crippen molar-refractivity contribution in [3.05, 3.63) is 63.9 Å². The van der Waals surface area contributed by atoms with Crippen molar-refractivity contribution in [2.75, 3.05) is 0 Å². The monoisotopic (exact) mass is 289 g/mol. The van der Waals surface area contributed by atoms with Gasteiger partial charge < -0.3 is 0 Å². The molecular formula is C14H12BrNO. The highest BCUT2D eigenvalue weighted by Gasteiger charge is 2.08. The van der Waals surface area contributed by atoms with Gasteiger partial charge in [-0.25, -0.2) is 0 Å². The van der Waals surface area contributed by atoms with Crippen LogP contribution in [0.3, 0.4) is 0 Å². The van der Waals surface area contributed by atoms with Crippen LogP contribution in [0.4, 0.5) is 0 Å². The van der Waals surface area contributed by atoms with Gasteiger partial charge in [-0.1, -0.05) is 22.0 Å². The van der Waals surface area contributed by atoms with E-state index in [1.807, 2.05) is 37.3 Å². The van der Waals surface area contributed by atoms with Crippen LogP contribution >= 0.6 is 15.9 Å². The van der Waals surface area contributed by atoms with Gasteiger partial charge in [-0.15, -0.1) is 0 Å². The lowest BCUT2D eigenvalue weighted by Crippen LogP contribution is -2.04. The third-order valence-electron chi connectivity index (χ3n) is 2.45. The number of carbonyl (C=O) groups is 1.